The number of allylic oxidation sites excluding steroid dienone is 5. The van der Waals surface area contributed by atoms with Gasteiger partial charge in [0.15, 0.2) is 0 Å². The monoisotopic (exact) mass is 590 g/mol. The number of fused-ring (bicyclic) bond motifs is 1. The predicted molar refractivity (Wildman–Crippen MR) is 121 cm³/mol. The average molecular weight is 589 g/mol. The molecule has 0 nitrogen and oxygen atoms in total. The molecule has 0 aliphatic heterocycles. The van der Waals surface area contributed by atoms with E-state index >= 15 is 0 Å². The van der Waals surface area contributed by atoms with E-state index in [2.05, 4.69) is 81.4 Å². The Morgan fingerprint density at radius 1 is 0.967 bits per heavy atom. The van der Waals surface area contributed by atoms with Crippen LogP contribution in [-0.4, -0.2) is 0 Å². The summed E-state index contributed by atoms with van der Waals surface area (Å²) in [5.74, 6) is 0. The molecule has 2 aliphatic carbocycles. The first-order valence-electron chi connectivity index (χ1n) is 10.5. The van der Waals surface area contributed by atoms with Crippen LogP contribution in [0.4, 0.5) is 0 Å². The van der Waals surface area contributed by atoms with Gasteiger partial charge in [-0.25, -0.2) is 0 Å². The third-order valence-electron chi connectivity index (χ3n) is 5.96. The van der Waals surface area contributed by atoms with Crippen molar-refractivity contribution in [2.24, 2.45) is 0 Å². The van der Waals surface area contributed by atoms with Crippen LogP contribution in [0.15, 0.2) is 80.7 Å². The molecule has 0 aromatic heterocycles. The molecule has 156 valence electrons. The number of halogens is 2. The molecule has 4 heteroatoms. The molecule has 0 saturated carbocycles. The van der Waals surface area contributed by atoms with Gasteiger partial charge in [-0.1, -0.05) is 0 Å². The molecule has 2 aromatic rings. The van der Waals surface area contributed by atoms with Crippen molar-refractivity contribution in [3.63, 3.8) is 0 Å². The summed E-state index contributed by atoms with van der Waals surface area (Å²) in [5.41, 5.74) is 8.18. The van der Waals surface area contributed by atoms with Gasteiger partial charge in [0.25, 0.3) is 0 Å². The van der Waals surface area contributed by atoms with Crippen molar-refractivity contribution in [2.75, 3.05) is 0 Å². The first-order chi connectivity index (χ1) is 13.7. The fraction of sp³-hybridized carbons (Fsp3) is 0.308. The number of rotatable bonds is 7. The summed E-state index contributed by atoms with van der Waals surface area (Å²) in [7, 11) is 0.776. The first kappa shape index (κ1) is 25.1. The quantitative estimate of drug-likeness (QED) is 0.339. The maximum absolute atomic E-state index is 2.50. The van der Waals surface area contributed by atoms with Gasteiger partial charge in [0.2, 0.25) is 0 Å². The molecular weight excluding hydrogens is 560 g/mol. The Bertz CT molecular complexity index is 960. The van der Waals surface area contributed by atoms with Crippen molar-refractivity contribution in [2.45, 2.75) is 50.1 Å². The van der Waals surface area contributed by atoms with Crippen molar-refractivity contribution < 1.29 is 32.3 Å². The van der Waals surface area contributed by atoms with E-state index in [9.17, 15) is 0 Å². The van der Waals surface area contributed by atoms with E-state index in [1.54, 1.807) is 27.6 Å². The van der Waals surface area contributed by atoms with Gasteiger partial charge in [-0.3, -0.25) is 0 Å². The van der Waals surface area contributed by atoms with Crippen LogP contribution in [0.5, 0.6) is 0 Å². The standard InChI is InChI=1S/C16H14P.C10H15.2FH.Hf/c1-12-11-13-7-5-6-10-15(13)16(12)17-14-8-3-2-4-9-14;1-3-4-7-10-8-5-6-9(10)2;;;/h2-11,17H,1H3;6H,3-5,7H2,1-2H3;2*1H;/q;;;;+2/p-2. The minimum Gasteiger partial charge on any atom is -1.00 e. The van der Waals surface area contributed by atoms with E-state index in [4.69, 9.17) is 0 Å². The van der Waals surface area contributed by atoms with Crippen molar-refractivity contribution in [1.82, 2.24) is 0 Å². The van der Waals surface area contributed by atoms with E-state index in [0.29, 0.717) is 0 Å². The maximum atomic E-state index is 2.50. The van der Waals surface area contributed by atoms with Crippen LogP contribution in [0, 0.1) is 0 Å². The topological polar surface area (TPSA) is 0 Å². The normalized spacial score (nSPS) is 17.6. The third-order valence-corrected chi connectivity index (χ3v) is 14.3. The molecule has 2 aliphatic rings. The van der Waals surface area contributed by atoms with Gasteiger partial charge in [0.1, 0.15) is 0 Å². The second kappa shape index (κ2) is 11.4. The zero-order valence-electron chi connectivity index (χ0n) is 17.9. The molecule has 0 fully saturated rings. The summed E-state index contributed by atoms with van der Waals surface area (Å²) in [6.45, 7) is 7.09. The molecule has 30 heavy (non-hydrogen) atoms. The van der Waals surface area contributed by atoms with Crippen molar-refractivity contribution in [1.29, 1.82) is 0 Å². The van der Waals surface area contributed by atoms with Crippen LogP contribution in [0.1, 0.15) is 61.3 Å². The van der Waals surface area contributed by atoms with Crippen LogP contribution >= 0.6 is 8.58 Å². The number of benzene rings is 2. The number of hydrogen-bond acceptors (Lipinski definition) is 0. The Labute approximate surface area is 192 Å². The van der Waals surface area contributed by atoms with E-state index < -0.39 is 22.9 Å². The molecule has 0 heterocycles. The largest absolute Gasteiger partial charge is 1.00 e. The van der Waals surface area contributed by atoms with Gasteiger partial charge in [-0.15, -0.1) is 0 Å². The van der Waals surface area contributed by atoms with Gasteiger partial charge in [-0.2, -0.15) is 0 Å². The van der Waals surface area contributed by atoms with Crippen LogP contribution in [0.3, 0.4) is 0 Å². The molecule has 2 aromatic carbocycles. The van der Waals surface area contributed by atoms with Crippen molar-refractivity contribution in [3.8, 4) is 0 Å². The van der Waals surface area contributed by atoms with Crippen LogP contribution in [0.25, 0.3) is 5.31 Å². The van der Waals surface area contributed by atoms with Gasteiger partial charge in [-0.05, 0) is 0 Å². The number of hydrogen-bond donors (Lipinski definition) is 0. The van der Waals surface area contributed by atoms with Gasteiger partial charge in [0, 0.05) is 0 Å². The molecule has 0 saturated heterocycles. The molecule has 0 amide bonds. The zero-order valence-corrected chi connectivity index (χ0v) is 22.5. The van der Waals surface area contributed by atoms with Gasteiger partial charge >= 0.3 is 184 Å². The van der Waals surface area contributed by atoms with Gasteiger partial charge < -0.3 is 9.41 Å². The van der Waals surface area contributed by atoms with Crippen molar-refractivity contribution >= 4 is 19.2 Å². The van der Waals surface area contributed by atoms with E-state index in [-0.39, 0.29) is 9.41 Å². The van der Waals surface area contributed by atoms with Crippen LogP contribution in [-0.2, 0) is 22.9 Å². The first-order valence-corrected chi connectivity index (χ1v) is 15.3. The Morgan fingerprint density at radius 2 is 1.67 bits per heavy atom. The molecular formula is C26H29F2HfP. The van der Waals surface area contributed by atoms with E-state index in [1.165, 1.54) is 36.6 Å². The predicted octanol–water partition coefficient (Wildman–Crippen LogP) is 1.36. The molecule has 2 atom stereocenters. The third kappa shape index (κ3) is 5.17. The Morgan fingerprint density at radius 3 is 2.40 bits per heavy atom. The molecule has 0 spiro atoms. The fourth-order valence-electron chi connectivity index (χ4n) is 4.35. The Hall–Kier alpha value is -1.18. The number of unbranched alkanes of at least 4 members (excludes halogenated alkanes) is 1. The fourth-order valence-corrected chi connectivity index (χ4v) is 12.8. The van der Waals surface area contributed by atoms with E-state index in [1.807, 2.05) is 3.33 Å². The SMILES string of the molecule is CCCCC1=[C]([Hf+2][CH]2C(C)=C(Pc3ccccc3)c3ccccc32)CC=C1C.[F-].[F-]. The van der Waals surface area contributed by atoms with Gasteiger partial charge in [0.05, 0.1) is 0 Å². The van der Waals surface area contributed by atoms with Crippen LogP contribution < -0.4 is 14.7 Å². The molecule has 4 rings (SSSR count). The smallest absolute Gasteiger partial charge is 1.00 e. The summed E-state index contributed by atoms with van der Waals surface area (Å²) in [6, 6.07) is 20.3. The Kier molecular flexibility index (Phi) is 9.57. The summed E-state index contributed by atoms with van der Waals surface area (Å²) in [4.78, 5) is 0. The summed E-state index contributed by atoms with van der Waals surface area (Å²) >= 11 is -0.962. The summed E-state index contributed by atoms with van der Waals surface area (Å²) in [6.07, 6.45) is 7.68. The summed E-state index contributed by atoms with van der Waals surface area (Å²) in [5, 5.41) is 3.08. The minimum atomic E-state index is -0.962. The molecule has 2 unspecified atom stereocenters. The molecule has 0 N–H and O–H groups in total. The molecule has 0 radical (unpaired) electrons. The molecule has 0 bridgehead atoms. The second-order valence-electron chi connectivity index (χ2n) is 7.87. The Balaban J connectivity index is 0.00000160. The minimum absolute atomic E-state index is 0. The average Bonchev–Trinajstić information content (AvgIpc) is 3.20. The summed E-state index contributed by atoms with van der Waals surface area (Å²) < 4.78 is 2.63. The zero-order chi connectivity index (χ0) is 19.5. The van der Waals surface area contributed by atoms with Crippen LogP contribution in [0.2, 0.25) is 0 Å². The van der Waals surface area contributed by atoms with Crippen molar-refractivity contribution in [3.05, 3.63) is 91.8 Å². The maximum Gasteiger partial charge on any atom is -1.00 e. The second-order valence-corrected chi connectivity index (χ2v) is 14.5. The van der Waals surface area contributed by atoms with E-state index in [0.717, 1.165) is 12.3 Å².